The number of rotatable bonds is 7. The predicted octanol–water partition coefficient (Wildman–Crippen LogP) is 3.04. The zero-order valence-electron chi connectivity index (χ0n) is 13.7. The molecule has 0 saturated carbocycles. The number of phenols is 1. The van der Waals surface area contributed by atoms with Crippen molar-refractivity contribution < 1.29 is 14.6 Å². The summed E-state index contributed by atoms with van der Waals surface area (Å²) < 4.78 is 10.6. The van der Waals surface area contributed by atoms with E-state index < -0.39 is 0 Å². The highest BCUT2D eigenvalue weighted by Gasteiger charge is 2.11. The zero-order valence-corrected chi connectivity index (χ0v) is 14.5. The number of benzene rings is 2. The lowest BCUT2D eigenvalue weighted by Crippen LogP contribution is -2.17. The van der Waals surface area contributed by atoms with Gasteiger partial charge in [0.05, 0.1) is 19.8 Å². The van der Waals surface area contributed by atoms with Gasteiger partial charge in [-0.25, -0.2) is 0 Å². The van der Waals surface area contributed by atoms with E-state index in [4.69, 9.17) is 14.7 Å². The molecule has 0 aliphatic carbocycles. The van der Waals surface area contributed by atoms with Crippen LogP contribution in [0.5, 0.6) is 17.2 Å². The number of hydrogen-bond acceptors (Lipinski definition) is 5. The smallest absolute Gasteiger partial charge is 0.137 e. The summed E-state index contributed by atoms with van der Waals surface area (Å²) in [6.45, 7) is 1.29. The lowest BCUT2D eigenvalue weighted by atomic mass is 10.1. The number of nitrogens with zero attached hydrogens (tertiary/aromatic N) is 1. The Hall–Kier alpha value is -2.42. The second-order valence-corrected chi connectivity index (χ2v) is 5.03. The van der Waals surface area contributed by atoms with E-state index in [1.807, 2.05) is 18.2 Å². The van der Waals surface area contributed by atoms with E-state index >= 15 is 0 Å². The molecule has 6 heteroatoms. The number of nitrogens with one attached hydrogen (secondary N) is 1. The summed E-state index contributed by atoms with van der Waals surface area (Å²) in [6.07, 6.45) is 0.721. The second-order valence-electron chi connectivity index (χ2n) is 5.03. The van der Waals surface area contributed by atoms with Gasteiger partial charge in [-0.15, -0.1) is 12.4 Å². The van der Waals surface area contributed by atoms with Gasteiger partial charge >= 0.3 is 0 Å². The molecule has 2 N–H and O–H groups in total. The summed E-state index contributed by atoms with van der Waals surface area (Å²) in [5, 5.41) is 22.1. The normalized spacial score (nSPS) is 9.71. The zero-order chi connectivity index (χ0) is 16.7. The van der Waals surface area contributed by atoms with Crippen LogP contribution in [-0.4, -0.2) is 25.9 Å². The molecular formula is C18H21ClN2O3. The molecule has 0 aliphatic rings. The minimum atomic E-state index is 0. The van der Waals surface area contributed by atoms with Crippen LogP contribution in [0.3, 0.4) is 0 Å². The predicted molar refractivity (Wildman–Crippen MR) is 95.0 cm³/mol. The van der Waals surface area contributed by atoms with E-state index in [0.717, 1.165) is 17.5 Å². The summed E-state index contributed by atoms with van der Waals surface area (Å²) in [6, 6.07) is 12.9. The Morgan fingerprint density at radius 2 is 1.79 bits per heavy atom. The van der Waals surface area contributed by atoms with Crippen LogP contribution in [0, 0.1) is 11.3 Å². The fourth-order valence-electron chi connectivity index (χ4n) is 2.35. The Balaban J connectivity index is 0.00000288. The third kappa shape index (κ3) is 4.79. The van der Waals surface area contributed by atoms with Gasteiger partial charge in [-0.2, -0.15) is 5.26 Å². The standard InChI is InChI=1S/C18H20N2O3.ClH/c1-22-17-10-15(11-19)18(23-2)9-13(17)7-8-20-12-14-5-3-4-6-16(14)21;/h3-6,9-10,20-21H,7-8,12H2,1-2H3;1H. The largest absolute Gasteiger partial charge is 0.508 e. The van der Waals surface area contributed by atoms with Gasteiger partial charge in [0.25, 0.3) is 0 Å². The number of para-hydroxylation sites is 1. The Labute approximate surface area is 148 Å². The van der Waals surface area contributed by atoms with Crippen LogP contribution in [0.15, 0.2) is 36.4 Å². The molecule has 0 saturated heterocycles. The van der Waals surface area contributed by atoms with Crippen molar-refractivity contribution in [3.8, 4) is 23.3 Å². The monoisotopic (exact) mass is 348 g/mol. The van der Waals surface area contributed by atoms with Gasteiger partial charge in [0.2, 0.25) is 0 Å². The number of aromatic hydroxyl groups is 1. The number of methoxy groups -OCH3 is 2. The molecule has 0 aromatic heterocycles. The lowest BCUT2D eigenvalue weighted by molar-refractivity contribution is 0.397. The van der Waals surface area contributed by atoms with E-state index in [2.05, 4.69) is 11.4 Å². The van der Waals surface area contributed by atoms with E-state index in [9.17, 15) is 5.11 Å². The first-order valence-corrected chi connectivity index (χ1v) is 7.32. The average molecular weight is 349 g/mol. The molecule has 24 heavy (non-hydrogen) atoms. The maximum absolute atomic E-state index is 9.73. The number of hydrogen-bond donors (Lipinski definition) is 2. The van der Waals surface area contributed by atoms with Crippen molar-refractivity contribution in [3.05, 3.63) is 53.1 Å². The van der Waals surface area contributed by atoms with Crippen LogP contribution in [0.2, 0.25) is 0 Å². The topological polar surface area (TPSA) is 74.5 Å². The number of ether oxygens (including phenoxy) is 2. The number of halogens is 1. The summed E-state index contributed by atoms with van der Waals surface area (Å²) in [5.41, 5.74) is 2.28. The minimum absolute atomic E-state index is 0. The highest BCUT2D eigenvalue weighted by molar-refractivity contribution is 5.85. The average Bonchev–Trinajstić information content (AvgIpc) is 2.59. The molecule has 0 amide bonds. The van der Waals surface area contributed by atoms with Crippen LogP contribution >= 0.6 is 12.4 Å². The van der Waals surface area contributed by atoms with Crippen LogP contribution < -0.4 is 14.8 Å². The van der Waals surface area contributed by atoms with Gasteiger partial charge in [-0.1, -0.05) is 18.2 Å². The summed E-state index contributed by atoms with van der Waals surface area (Å²) in [5.74, 6) is 1.51. The fraction of sp³-hybridized carbons (Fsp3) is 0.278. The van der Waals surface area contributed by atoms with E-state index in [1.165, 1.54) is 0 Å². The third-order valence-electron chi connectivity index (χ3n) is 3.60. The SMILES string of the molecule is COc1cc(CCNCc2ccccc2O)c(OC)cc1C#N.Cl. The molecule has 0 aliphatic heterocycles. The summed E-state index contributed by atoms with van der Waals surface area (Å²) >= 11 is 0. The lowest BCUT2D eigenvalue weighted by Gasteiger charge is -2.12. The minimum Gasteiger partial charge on any atom is -0.508 e. The molecule has 0 atom stereocenters. The van der Waals surface area contributed by atoms with E-state index in [1.54, 1.807) is 32.4 Å². The molecule has 0 radical (unpaired) electrons. The quantitative estimate of drug-likeness (QED) is 0.752. The van der Waals surface area contributed by atoms with E-state index in [0.29, 0.717) is 30.2 Å². The first kappa shape index (κ1) is 19.6. The van der Waals surface area contributed by atoms with Crippen molar-refractivity contribution in [2.24, 2.45) is 0 Å². The first-order valence-electron chi connectivity index (χ1n) is 7.32. The molecule has 2 aromatic rings. The molecule has 0 spiro atoms. The third-order valence-corrected chi connectivity index (χ3v) is 3.60. The van der Waals surface area contributed by atoms with Crippen LogP contribution in [0.4, 0.5) is 0 Å². The maximum Gasteiger partial charge on any atom is 0.137 e. The van der Waals surface area contributed by atoms with Gasteiger partial charge in [0.15, 0.2) is 0 Å². The molecule has 0 fully saturated rings. The van der Waals surface area contributed by atoms with Gasteiger partial charge in [0.1, 0.15) is 23.3 Å². The molecule has 128 valence electrons. The Bertz CT molecular complexity index is 714. The molecule has 5 nitrogen and oxygen atoms in total. The Morgan fingerprint density at radius 1 is 1.08 bits per heavy atom. The molecule has 0 heterocycles. The first-order chi connectivity index (χ1) is 11.2. The van der Waals surface area contributed by atoms with Crippen molar-refractivity contribution in [2.45, 2.75) is 13.0 Å². The molecule has 2 rings (SSSR count). The number of nitriles is 1. The fourth-order valence-corrected chi connectivity index (χ4v) is 2.35. The van der Waals surface area contributed by atoms with Crippen molar-refractivity contribution >= 4 is 12.4 Å². The highest BCUT2D eigenvalue weighted by Crippen LogP contribution is 2.28. The molecule has 0 unspecified atom stereocenters. The second kappa shape index (κ2) is 9.66. The van der Waals surface area contributed by atoms with Gasteiger partial charge in [-0.05, 0) is 30.7 Å². The van der Waals surface area contributed by atoms with Crippen molar-refractivity contribution in [3.63, 3.8) is 0 Å². The summed E-state index contributed by atoms with van der Waals surface area (Å²) in [4.78, 5) is 0. The Kier molecular flexibility index (Phi) is 7.90. The van der Waals surface area contributed by atoms with Crippen molar-refractivity contribution in [1.29, 1.82) is 5.26 Å². The molecule has 0 bridgehead atoms. The molecular weight excluding hydrogens is 328 g/mol. The van der Waals surface area contributed by atoms with Crippen molar-refractivity contribution in [1.82, 2.24) is 5.32 Å². The van der Waals surface area contributed by atoms with E-state index in [-0.39, 0.29) is 18.2 Å². The van der Waals surface area contributed by atoms with Gasteiger partial charge < -0.3 is 19.9 Å². The number of phenolic OH excluding ortho intramolecular Hbond substituents is 1. The van der Waals surface area contributed by atoms with Crippen molar-refractivity contribution in [2.75, 3.05) is 20.8 Å². The van der Waals surface area contributed by atoms with Gasteiger partial charge in [0, 0.05) is 18.2 Å². The van der Waals surface area contributed by atoms with Crippen LogP contribution in [0.1, 0.15) is 16.7 Å². The molecule has 2 aromatic carbocycles. The van der Waals surface area contributed by atoms with Crippen LogP contribution in [-0.2, 0) is 13.0 Å². The Morgan fingerprint density at radius 3 is 2.42 bits per heavy atom. The van der Waals surface area contributed by atoms with Crippen LogP contribution in [0.25, 0.3) is 0 Å². The van der Waals surface area contributed by atoms with Gasteiger partial charge in [-0.3, -0.25) is 0 Å². The summed E-state index contributed by atoms with van der Waals surface area (Å²) in [7, 11) is 3.13. The highest BCUT2D eigenvalue weighted by atomic mass is 35.5. The maximum atomic E-state index is 9.73.